The van der Waals surface area contributed by atoms with Gasteiger partial charge in [0.1, 0.15) is 11.3 Å². The summed E-state index contributed by atoms with van der Waals surface area (Å²) in [6.45, 7) is 0.172. The molecule has 0 radical (unpaired) electrons. The quantitative estimate of drug-likeness (QED) is 0.776. The summed E-state index contributed by atoms with van der Waals surface area (Å²) in [5.74, 6) is 0.939. The summed E-state index contributed by atoms with van der Waals surface area (Å²) in [5, 5.41) is 9.01. The highest BCUT2D eigenvalue weighted by Gasteiger charge is 2.12. The van der Waals surface area contributed by atoms with Gasteiger partial charge in [0, 0.05) is 24.9 Å². The first-order valence-corrected chi connectivity index (χ1v) is 6.39. The number of para-hydroxylation sites is 1. The molecule has 0 aliphatic carbocycles. The Morgan fingerprint density at radius 1 is 1.05 bits per heavy atom. The van der Waals surface area contributed by atoms with Crippen molar-refractivity contribution in [1.82, 2.24) is 14.5 Å². The van der Waals surface area contributed by atoms with Crippen molar-refractivity contribution in [3.05, 3.63) is 54.5 Å². The lowest BCUT2D eigenvalue weighted by Crippen LogP contribution is -2.03. The van der Waals surface area contributed by atoms with Gasteiger partial charge in [-0.05, 0) is 30.7 Å². The number of aliphatic hydroxyl groups excluding tert-OH is 1. The maximum atomic E-state index is 9.01. The van der Waals surface area contributed by atoms with Crippen LogP contribution in [-0.2, 0) is 6.42 Å². The zero-order valence-electron chi connectivity index (χ0n) is 10.5. The Morgan fingerprint density at radius 3 is 2.68 bits per heavy atom. The molecule has 1 N–H and O–H groups in total. The van der Waals surface area contributed by atoms with Gasteiger partial charge in [0.2, 0.25) is 0 Å². The summed E-state index contributed by atoms with van der Waals surface area (Å²) in [5.41, 5.74) is 2.80. The number of pyridine rings is 1. The van der Waals surface area contributed by atoms with Crippen molar-refractivity contribution in [2.45, 2.75) is 12.8 Å². The van der Waals surface area contributed by atoms with E-state index in [9.17, 15) is 0 Å². The Balaban J connectivity index is 2.19. The molecule has 96 valence electrons. The zero-order chi connectivity index (χ0) is 13.1. The van der Waals surface area contributed by atoms with E-state index in [1.54, 1.807) is 6.20 Å². The molecule has 0 saturated carbocycles. The van der Waals surface area contributed by atoms with E-state index in [4.69, 9.17) is 5.11 Å². The monoisotopic (exact) mass is 253 g/mol. The Bertz CT molecular complexity index is 676. The van der Waals surface area contributed by atoms with Gasteiger partial charge in [0.15, 0.2) is 5.65 Å². The topological polar surface area (TPSA) is 50.9 Å². The van der Waals surface area contributed by atoms with E-state index in [0.29, 0.717) is 6.42 Å². The van der Waals surface area contributed by atoms with E-state index >= 15 is 0 Å². The van der Waals surface area contributed by atoms with Crippen molar-refractivity contribution in [2.24, 2.45) is 0 Å². The fraction of sp³-hybridized carbons (Fsp3) is 0.200. The number of aryl methyl sites for hydroxylation is 1. The second kappa shape index (κ2) is 5.20. The molecule has 4 heteroatoms. The minimum atomic E-state index is 0.172. The minimum absolute atomic E-state index is 0.172. The van der Waals surface area contributed by atoms with Crippen LogP contribution in [0.2, 0.25) is 0 Å². The SMILES string of the molecule is OCCCc1nc2cccnc2n1-c1ccccc1. The third-order valence-electron chi connectivity index (χ3n) is 3.06. The Hall–Kier alpha value is -2.20. The third-order valence-corrected chi connectivity index (χ3v) is 3.06. The van der Waals surface area contributed by atoms with E-state index in [1.165, 1.54) is 0 Å². The maximum Gasteiger partial charge on any atom is 0.164 e. The van der Waals surface area contributed by atoms with Gasteiger partial charge < -0.3 is 5.11 Å². The van der Waals surface area contributed by atoms with Crippen LogP contribution in [0.3, 0.4) is 0 Å². The molecule has 0 unspecified atom stereocenters. The largest absolute Gasteiger partial charge is 0.396 e. The fourth-order valence-electron chi connectivity index (χ4n) is 2.21. The number of imidazole rings is 1. The highest BCUT2D eigenvalue weighted by Crippen LogP contribution is 2.20. The number of hydrogen-bond donors (Lipinski definition) is 1. The number of nitrogens with zero attached hydrogens (tertiary/aromatic N) is 3. The first-order valence-electron chi connectivity index (χ1n) is 6.39. The van der Waals surface area contributed by atoms with E-state index in [-0.39, 0.29) is 6.61 Å². The summed E-state index contributed by atoms with van der Waals surface area (Å²) in [6.07, 6.45) is 3.22. The number of rotatable bonds is 4. The molecule has 0 bridgehead atoms. The third kappa shape index (κ3) is 2.22. The molecule has 0 aliphatic rings. The summed E-state index contributed by atoms with van der Waals surface area (Å²) < 4.78 is 2.06. The molecule has 2 heterocycles. The minimum Gasteiger partial charge on any atom is -0.396 e. The molecule has 0 spiro atoms. The lowest BCUT2D eigenvalue weighted by Gasteiger charge is -2.07. The fourth-order valence-corrected chi connectivity index (χ4v) is 2.21. The molecule has 1 aromatic carbocycles. The van der Waals surface area contributed by atoms with Crippen molar-refractivity contribution >= 4 is 11.2 Å². The summed E-state index contributed by atoms with van der Waals surface area (Å²) in [7, 11) is 0. The van der Waals surface area contributed by atoms with E-state index < -0.39 is 0 Å². The van der Waals surface area contributed by atoms with Gasteiger partial charge in [-0.15, -0.1) is 0 Å². The van der Waals surface area contributed by atoms with Gasteiger partial charge >= 0.3 is 0 Å². The van der Waals surface area contributed by atoms with E-state index in [1.807, 2.05) is 42.5 Å². The van der Waals surface area contributed by atoms with Gasteiger partial charge in [-0.3, -0.25) is 4.57 Å². The number of benzene rings is 1. The first kappa shape index (κ1) is 11.9. The van der Waals surface area contributed by atoms with Gasteiger partial charge in [-0.25, -0.2) is 9.97 Å². The van der Waals surface area contributed by atoms with Crippen molar-refractivity contribution < 1.29 is 5.11 Å². The van der Waals surface area contributed by atoms with Crippen LogP contribution in [0, 0.1) is 0 Å². The Labute approximate surface area is 111 Å². The summed E-state index contributed by atoms with van der Waals surface area (Å²) in [4.78, 5) is 9.04. The van der Waals surface area contributed by atoms with Gasteiger partial charge in [0.05, 0.1) is 0 Å². The van der Waals surface area contributed by atoms with Crippen molar-refractivity contribution in [2.75, 3.05) is 6.61 Å². The van der Waals surface area contributed by atoms with E-state index in [2.05, 4.69) is 14.5 Å². The number of fused-ring (bicyclic) bond motifs is 1. The average Bonchev–Trinajstić information content (AvgIpc) is 2.84. The number of aromatic nitrogens is 3. The lowest BCUT2D eigenvalue weighted by molar-refractivity contribution is 0.287. The van der Waals surface area contributed by atoms with Crippen molar-refractivity contribution in [3.63, 3.8) is 0 Å². The highest BCUT2D eigenvalue weighted by atomic mass is 16.2. The standard InChI is InChI=1S/C15H15N3O/c19-11-5-9-14-17-13-8-4-10-16-15(13)18(14)12-6-2-1-3-7-12/h1-4,6-8,10,19H,5,9,11H2. The average molecular weight is 253 g/mol. The smallest absolute Gasteiger partial charge is 0.164 e. The predicted molar refractivity (Wildman–Crippen MR) is 74.3 cm³/mol. The molecule has 2 aromatic heterocycles. The molecular weight excluding hydrogens is 238 g/mol. The van der Waals surface area contributed by atoms with Crippen LogP contribution < -0.4 is 0 Å². The van der Waals surface area contributed by atoms with Crippen molar-refractivity contribution in [1.29, 1.82) is 0 Å². The summed E-state index contributed by atoms with van der Waals surface area (Å²) >= 11 is 0. The van der Waals surface area contributed by atoms with Crippen LogP contribution in [0.1, 0.15) is 12.2 Å². The zero-order valence-corrected chi connectivity index (χ0v) is 10.5. The van der Waals surface area contributed by atoms with E-state index in [0.717, 1.165) is 29.1 Å². The predicted octanol–water partition coefficient (Wildman–Crippen LogP) is 2.35. The molecular formula is C15H15N3O. The van der Waals surface area contributed by atoms with Crippen LogP contribution in [-0.4, -0.2) is 26.2 Å². The number of aliphatic hydroxyl groups is 1. The second-order valence-corrected chi connectivity index (χ2v) is 4.37. The molecule has 0 atom stereocenters. The van der Waals surface area contributed by atoms with Crippen LogP contribution >= 0.6 is 0 Å². The van der Waals surface area contributed by atoms with Crippen molar-refractivity contribution in [3.8, 4) is 5.69 Å². The second-order valence-electron chi connectivity index (χ2n) is 4.37. The molecule has 0 amide bonds. The van der Waals surface area contributed by atoms with Crippen LogP contribution in [0.25, 0.3) is 16.9 Å². The molecule has 3 aromatic rings. The first-order chi connectivity index (χ1) is 9.40. The van der Waals surface area contributed by atoms with Gasteiger partial charge in [-0.1, -0.05) is 18.2 Å². The number of hydrogen-bond acceptors (Lipinski definition) is 3. The molecule has 19 heavy (non-hydrogen) atoms. The Morgan fingerprint density at radius 2 is 1.89 bits per heavy atom. The van der Waals surface area contributed by atoms with Gasteiger partial charge in [0.25, 0.3) is 0 Å². The van der Waals surface area contributed by atoms with Crippen LogP contribution in [0.15, 0.2) is 48.7 Å². The Kier molecular flexibility index (Phi) is 3.25. The normalized spacial score (nSPS) is 11.0. The molecule has 0 fully saturated rings. The van der Waals surface area contributed by atoms with Crippen LogP contribution in [0.5, 0.6) is 0 Å². The van der Waals surface area contributed by atoms with Gasteiger partial charge in [-0.2, -0.15) is 0 Å². The molecule has 4 nitrogen and oxygen atoms in total. The molecule has 3 rings (SSSR count). The molecule has 0 saturated heterocycles. The highest BCUT2D eigenvalue weighted by molar-refractivity contribution is 5.73. The molecule has 0 aliphatic heterocycles. The maximum absolute atomic E-state index is 9.01. The summed E-state index contributed by atoms with van der Waals surface area (Å²) in [6, 6.07) is 13.9. The van der Waals surface area contributed by atoms with Crippen LogP contribution in [0.4, 0.5) is 0 Å². The lowest BCUT2D eigenvalue weighted by atomic mass is 10.2.